The first-order valence-corrected chi connectivity index (χ1v) is 14.4. The van der Waals surface area contributed by atoms with Crippen LogP contribution in [-0.4, -0.2) is 71.0 Å². The number of halogens is 1. The molecule has 5 rings (SSSR count). The summed E-state index contributed by atoms with van der Waals surface area (Å²) in [6.45, 7) is 8.55. The van der Waals surface area contributed by atoms with Crippen LogP contribution in [0.1, 0.15) is 59.9 Å². The quantitative estimate of drug-likeness (QED) is 0.396. The van der Waals surface area contributed by atoms with Crippen LogP contribution in [0.25, 0.3) is 10.2 Å². The number of anilines is 2. The van der Waals surface area contributed by atoms with Gasteiger partial charge in [0.1, 0.15) is 10.6 Å². The van der Waals surface area contributed by atoms with E-state index in [1.54, 1.807) is 12.1 Å². The molecule has 12 heteroatoms. The number of hydrogen-bond acceptors (Lipinski definition) is 8. The number of rotatable bonds is 5. The molecule has 1 saturated heterocycles. The number of amides is 1. The molecule has 0 spiro atoms. The SMILES string of the molecule is C=CC(=O)O.Cc1nn(C2CCCCC2)c2sc(C(=O)Nc3ccc(N4CCCN(C)CC4)c(F)c3)cc12.O=C=O. The van der Waals surface area contributed by atoms with Crippen molar-refractivity contribution in [2.45, 2.75) is 51.5 Å². The number of likely N-dealkylation sites (N-methyl/N-ethyl adjacent to an activating group) is 1. The first-order chi connectivity index (χ1) is 19.7. The van der Waals surface area contributed by atoms with E-state index in [1.807, 2.05) is 13.0 Å². The van der Waals surface area contributed by atoms with E-state index in [4.69, 9.17) is 19.8 Å². The number of aliphatic carboxylic acids is 1. The molecule has 1 saturated carbocycles. The maximum atomic E-state index is 14.9. The van der Waals surface area contributed by atoms with E-state index in [2.05, 4.69) is 33.4 Å². The van der Waals surface area contributed by atoms with E-state index in [9.17, 15) is 14.0 Å². The lowest BCUT2D eigenvalue weighted by Crippen LogP contribution is -2.29. The van der Waals surface area contributed by atoms with E-state index in [1.165, 1.54) is 36.7 Å². The number of aromatic nitrogens is 2. The van der Waals surface area contributed by atoms with Gasteiger partial charge in [0, 0.05) is 36.8 Å². The van der Waals surface area contributed by atoms with Crippen molar-refractivity contribution in [2.24, 2.45) is 0 Å². The minimum absolute atomic E-state index is 0.200. The fraction of sp³-hybridized carbons (Fsp3) is 0.448. The molecule has 0 radical (unpaired) electrons. The number of carbonyl (C=O) groups is 2. The molecule has 2 N–H and O–H groups in total. The summed E-state index contributed by atoms with van der Waals surface area (Å²) in [5.41, 5.74) is 2.05. The van der Waals surface area contributed by atoms with Crippen LogP contribution in [0, 0.1) is 12.7 Å². The second-order valence-electron chi connectivity index (χ2n) is 10.0. The zero-order valence-electron chi connectivity index (χ0n) is 23.4. The predicted molar refractivity (Wildman–Crippen MR) is 156 cm³/mol. The molecule has 3 heterocycles. The third kappa shape index (κ3) is 8.56. The third-order valence-corrected chi connectivity index (χ3v) is 8.28. The first-order valence-electron chi connectivity index (χ1n) is 13.6. The Morgan fingerprint density at radius 1 is 1.12 bits per heavy atom. The minimum Gasteiger partial charge on any atom is -0.478 e. The van der Waals surface area contributed by atoms with Crippen LogP contribution in [0.3, 0.4) is 0 Å². The van der Waals surface area contributed by atoms with Gasteiger partial charge in [0.05, 0.1) is 22.3 Å². The van der Waals surface area contributed by atoms with Crippen molar-refractivity contribution in [2.75, 3.05) is 43.4 Å². The lowest BCUT2D eigenvalue weighted by Gasteiger charge is -2.23. The van der Waals surface area contributed by atoms with Gasteiger partial charge in [-0.15, -0.1) is 11.3 Å². The molecule has 220 valence electrons. The molecular formula is C29H36FN5O5S. The molecule has 2 aromatic heterocycles. The molecule has 1 amide bonds. The van der Waals surface area contributed by atoms with Crippen molar-refractivity contribution in [1.29, 1.82) is 0 Å². The highest BCUT2D eigenvalue weighted by atomic mass is 32.1. The van der Waals surface area contributed by atoms with Crippen LogP contribution in [0.2, 0.25) is 0 Å². The van der Waals surface area contributed by atoms with Crippen molar-refractivity contribution in [3.63, 3.8) is 0 Å². The summed E-state index contributed by atoms with van der Waals surface area (Å²) in [4.78, 5) is 44.6. The molecule has 41 heavy (non-hydrogen) atoms. The van der Waals surface area contributed by atoms with Crippen LogP contribution in [-0.2, 0) is 14.4 Å². The monoisotopic (exact) mass is 585 g/mol. The molecule has 2 fully saturated rings. The van der Waals surface area contributed by atoms with Gasteiger partial charge < -0.3 is 20.2 Å². The maximum Gasteiger partial charge on any atom is 0.373 e. The van der Waals surface area contributed by atoms with Crippen molar-refractivity contribution in [3.8, 4) is 0 Å². The van der Waals surface area contributed by atoms with Gasteiger partial charge in [0.2, 0.25) is 0 Å². The average molecular weight is 586 g/mol. The topological polar surface area (TPSA) is 125 Å². The summed E-state index contributed by atoms with van der Waals surface area (Å²) in [6, 6.07) is 7.36. The number of nitrogens with zero attached hydrogens (tertiary/aromatic N) is 4. The molecule has 1 aliphatic carbocycles. The maximum absolute atomic E-state index is 14.9. The smallest absolute Gasteiger partial charge is 0.373 e. The number of carboxylic acid groups (broad SMARTS) is 1. The summed E-state index contributed by atoms with van der Waals surface area (Å²) in [5.74, 6) is -1.48. The first kappa shape index (κ1) is 31.7. The number of benzene rings is 1. The molecule has 0 atom stereocenters. The van der Waals surface area contributed by atoms with Gasteiger partial charge >= 0.3 is 12.1 Å². The van der Waals surface area contributed by atoms with Crippen LogP contribution in [0.5, 0.6) is 0 Å². The van der Waals surface area contributed by atoms with E-state index in [-0.39, 0.29) is 17.9 Å². The Morgan fingerprint density at radius 3 is 2.44 bits per heavy atom. The fourth-order valence-corrected chi connectivity index (χ4v) is 6.21. The summed E-state index contributed by atoms with van der Waals surface area (Å²) < 4.78 is 17.1. The minimum atomic E-state index is -0.981. The van der Waals surface area contributed by atoms with Gasteiger partial charge in [-0.1, -0.05) is 25.8 Å². The third-order valence-electron chi connectivity index (χ3n) is 7.15. The van der Waals surface area contributed by atoms with Gasteiger partial charge in [-0.3, -0.25) is 9.48 Å². The van der Waals surface area contributed by atoms with Gasteiger partial charge in [-0.05, 0) is 64.0 Å². The van der Waals surface area contributed by atoms with Crippen molar-refractivity contribution < 1.29 is 28.7 Å². The Hall–Kier alpha value is -3.86. The standard InChI is InChI=1S/C25H32FN5OS.C3H4O2.CO2/c1-17-20-16-23(33-25(20)31(28-17)19-7-4-3-5-8-19)24(32)27-18-9-10-22(21(26)15-18)30-12-6-11-29(2)13-14-30;1-2-3(4)5;2-1-3/h9-10,15-16,19H,3-8,11-14H2,1-2H3,(H,27,32);2H,1H2,(H,4,5);. The van der Waals surface area contributed by atoms with E-state index >= 15 is 0 Å². The normalized spacial score (nSPS) is 15.9. The predicted octanol–water partition coefficient (Wildman–Crippen LogP) is 5.12. The van der Waals surface area contributed by atoms with Crippen LogP contribution < -0.4 is 10.2 Å². The van der Waals surface area contributed by atoms with Crippen LogP contribution in [0.15, 0.2) is 36.9 Å². The van der Waals surface area contributed by atoms with Crippen molar-refractivity contribution in [1.82, 2.24) is 14.7 Å². The average Bonchev–Trinajstić information content (AvgIpc) is 3.45. The van der Waals surface area contributed by atoms with Gasteiger partial charge in [0.15, 0.2) is 0 Å². The van der Waals surface area contributed by atoms with E-state index in [0.717, 1.165) is 67.4 Å². The largest absolute Gasteiger partial charge is 0.478 e. The number of carbonyl (C=O) groups excluding carboxylic acids is 3. The summed E-state index contributed by atoms with van der Waals surface area (Å²) in [6.07, 6.45) is 8.16. The second-order valence-corrected chi connectivity index (χ2v) is 11.1. The summed E-state index contributed by atoms with van der Waals surface area (Å²) in [7, 11) is 2.10. The second kappa shape index (κ2) is 15.2. The van der Waals surface area contributed by atoms with Crippen molar-refractivity contribution in [3.05, 3.63) is 53.3 Å². The number of hydrogen-bond donors (Lipinski definition) is 2. The van der Waals surface area contributed by atoms with Gasteiger partial charge in [-0.25, -0.2) is 9.18 Å². The lowest BCUT2D eigenvalue weighted by atomic mass is 9.96. The summed E-state index contributed by atoms with van der Waals surface area (Å²) in [5, 5.41) is 16.3. The molecule has 1 aromatic carbocycles. The molecule has 10 nitrogen and oxygen atoms in total. The summed E-state index contributed by atoms with van der Waals surface area (Å²) >= 11 is 1.48. The van der Waals surface area contributed by atoms with Gasteiger partial charge in [-0.2, -0.15) is 14.7 Å². The zero-order valence-corrected chi connectivity index (χ0v) is 24.2. The van der Waals surface area contributed by atoms with E-state index < -0.39 is 5.97 Å². The molecular weight excluding hydrogens is 549 g/mol. The highest BCUT2D eigenvalue weighted by molar-refractivity contribution is 7.20. The number of thiophene rings is 1. The van der Waals surface area contributed by atoms with Gasteiger partial charge in [0.25, 0.3) is 5.91 Å². The molecule has 2 aliphatic rings. The molecule has 0 unspecified atom stereocenters. The van der Waals surface area contributed by atoms with Crippen molar-refractivity contribution >= 4 is 51.0 Å². The number of nitrogens with one attached hydrogen (secondary N) is 1. The highest BCUT2D eigenvalue weighted by Crippen LogP contribution is 2.36. The molecule has 1 aliphatic heterocycles. The van der Waals surface area contributed by atoms with Crippen LogP contribution >= 0.6 is 11.3 Å². The van der Waals surface area contributed by atoms with E-state index in [0.29, 0.717) is 22.3 Å². The Labute approximate surface area is 242 Å². The lowest BCUT2D eigenvalue weighted by molar-refractivity contribution is -0.191. The molecule has 0 bridgehead atoms. The number of fused-ring (bicyclic) bond motifs is 1. The highest BCUT2D eigenvalue weighted by Gasteiger charge is 2.23. The Balaban J connectivity index is 0.000000515. The van der Waals surface area contributed by atoms with Crippen LogP contribution in [0.4, 0.5) is 15.8 Å². The Bertz CT molecular complexity index is 1390. The fourth-order valence-electron chi connectivity index (χ4n) is 5.08. The number of aryl methyl sites for hydroxylation is 1. The molecule has 3 aromatic rings. The zero-order chi connectivity index (χ0) is 29.9. The Kier molecular flexibility index (Phi) is 11.8. The number of carboxylic acids is 1. The Morgan fingerprint density at radius 2 is 1.80 bits per heavy atom.